The first-order chi connectivity index (χ1) is 11.1. The number of benzene rings is 1. The Morgan fingerprint density at radius 2 is 1.96 bits per heavy atom. The van der Waals surface area contributed by atoms with E-state index in [1.54, 1.807) is 31.2 Å². The van der Waals surface area contributed by atoms with E-state index in [1.165, 1.54) is 10.8 Å². The number of hydrogen-bond donors (Lipinski definition) is 3. The lowest BCUT2D eigenvalue weighted by Gasteiger charge is -2.29. The molecule has 0 radical (unpaired) electrons. The topological polar surface area (TPSA) is 87.4 Å². The summed E-state index contributed by atoms with van der Waals surface area (Å²) >= 11 is 0. The molecule has 6 nitrogen and oxygen atoms in total. The van der Waals surface area contributed by atoms with E-state index in [2.05, 4.69) is 17.0 Å². The Balaban J connectivity index is 2.63. The molecule has 6 heteroatoms. The molecular formula is C18H25N3O3. The molecule has 0 saturated heterocycles. The molecule has 0 aliphatic carbocycles. The van der Waals surface area contributed by atoms with Gasteiger partial charge in [-0.15, -0.1) is 6.58 Å². The van der Waals surface area contributed by atoms with E-state index in [4.69, 9.17) is 0 Å². The molecule has 1 heterocycles. The highest BCUT2D eigenvalue weighted by Crippen LogP contribution is 2.31. The Hall–Kier alpha value is -2.18. The quantitative estimate of drug-likeness (QED) is 0.729. The number of para-hydroxylation sites is 1. The van der Waals surface area contributed by atoms with E-state index in [-0.39, 0.29) is 17.9 Å². The number of rotatable bonds is 5. The molecular weight excluding hydrogens is 306 g/mol. The number of aliphatic hydroxyl groups is 2. The van der Waals surface area contributed by atoms with Gasteiger partial charge in [-0.2, -0.15) is 0 Å². The van der Waals surface area contributed by atoms with E-state index in [0.29, 0.717) is 10.9 Å². The zero-order valence-electron chi connectivity index (χ0n) is 14.6. The van der Waals surface area contributed by atoms with Gasteiger partial charge in [0.15, 0.2) is 5.82 Å². The molecule has 0 aliphatic rings. The summed E-state index contributed by atoms with van der Waals surface area (Å²) in [5.41, 5.74) is 1.37. The van der Waals surface area contributed by atoms with E-state index in [0.717, 1.165) is 0 Å². The second-order valence-electron chi connectivity index (χ2n) is 7.29. The van der Waals surface area contributed by atoms with E-state index in [9.17, 15) is 15.0 Å². The molecule has 0 spiro atoms. The second-order valence-corrected chi connectivity index (χ2v) is 7.29. The molecule has 24 heavy (non-hydrogen) atoms. The van der Waals surface area contributed by atoms with Crippen LogP contribution in [-0.4, -0.2) is 32.0 Å². The molecule has 130 valence electrons. The molecule has 0 fully saturated rings. The van der Waals surface area contributed by atoms with Crippen molar-refractivity contribution in [2.45, 2.75) is 39.4 Å². The minimum Gasteiger partial charge on any atom is -0.385 e. The van der Waals surface area contributed by atoms with Crippen molar-refractivity contribution in [3.05, 3.63) is 53.1 Å². The van der Waals surface area contributed by atoms with Crippen LogP contribution in [0.25, 0.3) is 10.9 Å². The highest BCUT2D eigenvalue weighted by atomic mass is 16.3. The molecule has 2 aromatic rings. The predicted molar refractivity (Wildman–Crippen MR) is 95.5 cm³/mol. The van der Waals surface area contributed by atoms with Crippen LogP contribution < -0.4 is 11.0 Å². The maximum absolute atomic E-state index is 12.8. The van der Waals surface area contributed by atoms with Gasteiger partial charge in [0.2, 0.25) is 0 Å². The summed E-state index contributed by atoms with van der Waals surface area (Å²) in [6.45, 7) is 10.8. The number of hydrogen-bond acceptors (Lipinski definition) is 5. The summed E-state index contributed by atoms with van der Waals surface area (Å²) in [6.07, 6.45) is 0.426. The third-order valence-corrected chi connectivity index (χ3v) is 3.90. The van der Waals surface area contributed by atoms with Gasteiger partial charge < -0.3 is 15.6 Å². The first-order valence-corrected chi connectivity index (χ1v) is 7.86. The third-order valence-electron chi connectivity index (χ3n) is 3.90. The number of nitrogens with one attached hydrogen (secondary N) is 1. The molecule has 0 saturated carbocycles. The summed E-state index contributed by atoms with van der Waals surface area (Å²) in [7, 11) is 0. The average Bonchev–Trinajstić information content (AvgIpc) is 2.52. The fraction of sp³-hybridized carbons (Fsp3) is 0.444. The van der Waals surface area contributed by atoms with Gasteiger partial charge in [0.05, 0.1) is 23.0 Å². The molecule has 1 aromatic carbocycles. The number of aliphatic hydroxyl groups excluding tert-OH is 1. The van der Waals surface area contributed by atoms with Crippen LogP contribution in [0.2, 0.25) is 0 Å². The molecule has 1 aromatic heterocycles. The minimum absolute atomic E-state index is 0.0558. The summed E-state index contributed by atoms with van der Waals surface area (Å²) in [4.78, 5) is 17.3. The zero-order valence-corrected chi connectivity index (χ0v) is 14.6. The van der Waals surface area contributed by atoms with Crippen LogP contribution >= 0.6 is 0 Å². The fourth-order valence-electron chi connectivity index (χ4n) is 2.18. The lowest BCUT2D eigenvalue weighted by molar-refractivity contribution is 0.0511. The lowest BCUT2D eigenvalue weighted by Crippen LogP contribution is -2.42. The van der Waals surface area contributed by atoms with Gasteiger partial charge >= 0.3 is 0 Å². The monoisotopic (exact) mass is 331 g/mol. The second kappa shape index (κ2) is 6.37. The summed E-state index contributed by atoms with van der Waals surface area (Å²) < 4.78 is 1.22. The van der Waals surface area contributed by atoms with Crippen LogP contribution in [0.15, 0.2) is 41.7 Å². The molecule has 3 N–H and O–H groups in total. The summed E-state index contributed by atoms with van der Waals surface area (Å²) in [6, 6.07) is 6.97. The fourth-order valence-corrected chi connectivity index (χ4v) is 2.18. The van der Waals surface area contributed by atoms with Crippen molar-refractivity contribution in [1.29, 1.82) is 0 Å². The first kappa shape index (κ1) is 18.2. The van der Waals surface area contributed by atoms with Crippen molar-refractivity contribution in [1.82, 2.24) is 9.66 Å². The van der Waals surface area contributed by atoms with E-state index >= 15 is 0 Å². The van der Waals surface area contributed by atoms with Gasteiger partial charge in [-0.05, 0) is 24.5 Å². The highest BCUT2D eigenvalue weighted by molar-refractivity contribution is 5.77. The van der Waals surface area contributed by atoms with Gasteiger partial charge in [0.25, 0.3) is 5.56 Å². The van der Waals surface area contributed by atoms with Crippen molar-refractivity contribution in [3.8, 4) is 0 Å². The average molecular weight is 331 g/mol. The molecule has 2 rings (SSSR count). The van der Waals surface area contributed by atoms with Crippen LogP contribution in [-0.2, 0) is 0 Å². The Morgan fingerprint density at radius 3 is 2.54 bits per heavy atom. The number of fused-ring (bicyclic) bond motifs is 1. The summed E-state index contributed by atoms with van der Waals surface area (Å²) in [5, 5.41) is 21.2. The summed E-state index contributed by atoms with van der Waals surface area (Å²) in [5.74, 6) is 0.214. The first-order valence-electron chi connectivity index (χ1n) is 7.86. The SMILES string of the molecule is C=C[C@@](C)(O)CNn1c([C@@H](O)C(C)(C)C)nc2ccccc2c1=O. The Bertz CT molecular complexity index is 803. The molecule has 2 atom stereocenters. The molecule has 0 aliphatic heterocycles. The van der Waals surface area contributed by atoms with Crippen LogP contribution in [0.5, 0.6) is 0 Å². The van der Waals surface area contributed by atoms with Crippen molar-refractivity contribution in [3.63, 3.8) is 0 Å². The van der Waals surface area contributed by atoms with E-state index < -0.39 is 17.1 Å². The molecule has 0 unspecified atom stereocenters. The normalized spacial score (nSPS) is 15.8. The van der Waals surface area contributed by atoms with Gasteiger partial charge in [-0.3, -0.25) is 4.79 Å². The smallest absolute Gasteiger partial charge is 0.280 e. The predicted octanol–water partition coefficient (Wildman–Crippen LogP) is 1.96. The van der Waals surface area contributed by atoms with Crippen molar-refractivity contribution in [2.75, 3.05) is 12.0 Å². The maximum atomic E-state index is 12.8. The van der Waals surface area contributed by atoms with Crippen LogP contribution in [0.3, 0.4) is 0 Å². The highest BCUT2D eigenvalue weighted by Gasteiger charge is 2.29. The van der Waals surface area contributed by atoms with Crippen LogP contribution in [0.4, 0.5) is 0 Å². The number of aromatic nitrogens is 2. The largest absolute Gasteiger partial charge is 0.385 e. The van der Waals surface area contributed by atoms with Gasteiger partial charge in [0.1, 0.15) is 6.10 Å². The number of nitrogens with zero attached hydrogens (tertiary/aromatic N) is 2. The maximum Gasteiger partial charge on any atom is 0.280 e. The van der Waals surface area contributed by atoms with Gasteiger partial charge in [-0.25, -0.2) is 9.66 Å². The van der Waals surface area contributed by atoms with Crippen molar-refractivity contribution >= 4 is 10.9 Å². The zero-order chi connectivity index (χ0) is 18.1. The Labute approximate surface area is 141 Å². The standard InChI is InChI=1S/C18H25N3O3/c1-6-18(5,24)11-19-21-15(14(22)17(2,3)4)20-13-10-8-7-9-12(13)16(21)23/h6-10,14,19,22,24H,1,11H2,2-5H3/t14-,18-/m1/s1. The van der Waals surface area contributed by atoms with Gasteiger partial charge in [-0.1, -0.05) is 39.0 Å². The van der Waals surface area contributed by atoms with Gasteiger partial charge in [0, 0.05) is 0 Å². The van der Waals surface area contributed by atoms with Crippen LogP contribution in [0, 0.1) is 5.41 Å². The van der Waals surface area contributed by atoms with Crippen LogP contribution in [0.1, 0.15) is 39.6 Å². The third kappa shape index (κ3) is 3.66. The Kier molecular flexibility index (Phi) is 4.82. The van der Waals surface area contributed by atoms with E-state index in [1.807, 2.05) is 20.8 Å². The van der Waals surface area contributed by atoms with Crippen molar-refractivity contribution in [2.24, 2.45) is 5.41 Å². The molecule has 0 bridgehead atoms. The van der Waals surface area contributed by atoms with Crippen molar-refractivity contribution < 1.29 is 10.2 Å². The minimum atomic E-state index is -1.20. The lowest BCUT2D eigenvalue weighted by atomic mass is 9.88. The molecule has 0 amide bonds. The Morgan fingerprint density at radius 1 is 1.33 bits per heavy atom.